The van der Waals surface area contributed by atoms with Crippen LogP contribution in [0.5, 0.6) is 5.75 Å². The normalized spacial score (nSPS) is 19.0. The zero-order valence-corrected chi connectivity index (χ0v) is 10.5. The number of hydrogen-bond donors (Lipinski definition) is 0. The van der Waals surface area contributed by atoms with Crippen molar-refractivity contribution in [1.82, 2.24) is 0 Å². The first-order valence-corrected chi connectivity index (χ1v) is 6.21. The number of ether oxygens (including phenoxy) is 2. The van der Waals surface area contributed by atoms with Crippen LogP contribution in [-0.2, 0) is 4.74 Å². The molecule has 1 aliphatic rings. The van der Waals surface area contributed by atoms with Crippen LogP contribution in [0.2, 0.25) is 0 Å². The van der Waals surface area contributed by atoms with E-state index in [0.29, 0.717) is 24.5 Å². The first kappa shape index (κ1) is 12.7. The van der Waals surface area contributed by atoms with Gasteiger partial charge in [-0.05, 0) is 24.8 Å². The Morgan fingerprint density at radius 2 is 2.12 bits per heavy atom. The van der Waals surface area contributed by atoms with Gasteiger partial charge >= 0.3 is 0 Å². The second-order valence-corrected chi connectivity index (χ2v) is 4.71. The van der Waals surface area contributed by atoms with Gasteiger partial charge in [-0.25, -0.2) is 4.39 Å². The molecule has 1 aromatic rings. The van der Waals surface area contributed by atoms with Crippen LogP contribution in [0, 0.1) is 11.7 Å². The number of benzene rings is 1. The van der Waals surface area contributed by atoms with Crippen molar-refractivity contribution in [2.24, 2.45) is 5.92 Å². The zero-order valence-electron chi connectivity index (χ0n) is 9.79. The molecule has 17 heavy (non-hydrogen) atoms. The topological polar surface area (TPSA) is 18.5 Å². The highest BCUT2D eigenvalue weighted by Gasteiger charge is 2.25. The van der Waals surface area contributed by atoms with Crippen LogP contribution in [-0.4, -0.2) is 20.3 Å². The van der Waals surface area contributed by atoms with Crippen molar-refractivity contribution < 1.29 is 13.9 Å². The Bertz CT molecular complexity index is 378. The molecule has 1 atom stereocenters. The van der Waals surface area contributed by atoms with Gasteiger partial charge in [0.05, 0.1) is 12.5 Å². The molecule has 1 aliphatic heterocycles. The van der Waals surface area contributed by atoms with E-state index in [-0.39, 0.29) is 17.1 Å². The van der Waals surface area contributed by atoms with Gasteiger partial charge in [0.2, 0.25) is 0 Å². The molecule has 0 radical (unpaired) electrons. The van der Waals surface area contributed by atoms with E-state index in [1.54, 1.807) is 12.1 Å². The van der Waals surface area contributed by atoms with Gasteiger partial charge in [0.25, 0.3) is 0 Å². The number of methoxy groups -OCH3 is 1. The largest absolute Gasteiger partial charge is 0.497 e. The standard InChI is InChI=1S/C13H16ClFO2/c1-16-10-2-3-11(12(15)8-10)13(14)9-4-6-17-7-5-9/h2-3,8-9,13H,4-7H2,1H3. The van der Waals surface area contributed by atoms with Gasteiger partial charge in [0.15, 0.2) is 0 Å². The summed E-state index contributed by atoms with van der Waals surface area (Å²) >= 11 is 6.35. The Balaban J connectivity index is 2.15. The van der Waals surface area contributed by atoms with Gasteiger partial charge in [0, 0.05) is 24.8 Å². The third-order valence-corrected chi connectivity index (χ3v) is 3.78. The molecule has 1 unspecified atom stereocenters. The van der Waals surface area contributed by atoms with E-state index < -0.39 is 0 Å². The summed E-state index contributed by atoms with van der Waals surface area (Å²) in [6.07, 6.45) is 1.78. The Labute approximate surface area is 106 Å². The van der Waals surface area contributed by atoms with Gasteiger partial charge < -0.3 is 9.47 Å². The van der Waals surface area contributed by atoms with Crippen molar-refractivity contribution >= 4 is 11.6 Å². The minimum Gasteiger partial charge on any atom is -0.497 e. The highest BCUT2D eigenvalue weighted by atomic mass is 35.5. The van der Waals surface area contributed by atoms with Crippen LogP contribution in [0.3, 0.4) is 0 Å². The Morgan fingerprint density at radius 3 is 2.71 bits per heavy atom. The summed E-state index contributed by atoms with van der Waals surface area (Å²) in [5, 5.41) is -0.287. The molecule has 2 rings (SSSR count). The molecule has 1 aromatic carbocycles. The molecule has 0 saturated carbocycles. The summed E-state index contributed by atoms with van der Waals surface area (Å²) in [6, 6.07) is 4.83. The maximum Gasteiger partial charge on any atom is 0.131 e. The molecule has 0 aromatic heterocycles. The lowest BCUT2D eigenvalue weighted by molar-refractivity contribution is 0.0648. The predicted molar refractivity (Wildman–Crippen MR) is 65.1 cm³/mol. The average Bonchev–Trinajstić information content (AvgIpc) is 2.39. The van der Waals surface area contributed by atoms with Gasteiger partial charge in [-0.15, -0.1) is 11.6 Å². The van der Waals surface area contributed by atoms with Gasteiger partial charge in [0.1, 0.15) is 11.6 Å². The Hall–Kier alpha value is -0.800. The zero-order chi connectivity index (χ0) is 12.3. The van der Waals surface area contributed by atoms with Crippen molar-refractivity contribution in [3.63, 3.8) is 0 Å². The molecule has 2 nitrogen and oxygen atoms in total. The van der Waals surface area contributed by atoms with Crippen molar-refractivity contribution in [1.29, 1.82) is 0 Å². The van der Waals surface area contributed by atoms with Crippen LogP contribution in [0.15, 0.2) is 18.2 Å². The monoisotopic (exact) mass is 258 g/mol. The van der Waals surface area contributed by atoms with Crippen molar-refractivity contribution in [3.05, 3.63) is 29.6 Å². The lowest BCUT2D eigenvalue weighted by atomic mass is 9.91. The fourth-order valence-electron chi connectivity index (χ4n) is 2.12. The summed E-state index contributed by atoms with van der Waals surface area (Å²) in [4.78, 5) is 0. The van der Waals surface area contributed by atoms with E-state index in [9.17, 15) is 4.39 Å². The quantitative estimate of drug-likeness (QED) is 0.772. The number of halogens is 2. The molecule has 4 heteroatoms. The second kappa shape index (κ2) is 5.69. The summed E-state index contributed by atoms with van der Waals surface area (Å²) in [5.74, 6) is 0.506. The summed E-state index contributed by atoms with van der Waals surface area (Å²) in [7, 11) is 1.52. The van der Waals surface area contributed by atoms with Gasteiger partial charge in [-0.2, -0.15) is 0 Å². The third-order valence-electron chi connectivity index (χ3n) is 3.18. The average molecular weight is 259 g/mol. The highest BCUT2D eigenvalue weighted by Crippen LogP contribution is 2.37. The van der Waals surface area contributed by atoms with Crippen LogP contribution < -0.4 is 4.74 Å². The fraction of sp³-hybridized carbons (Fsp3) is 0.538. The molecule has 1 fully saturated rings. The lowest BCUT2D eigenvalue weighted by Crippen LogP contribution is -2.20. The summed E-state index contributed by atoms with van der Waals surface area (Å²) in [5.41, 5.74) is 0.555. The van der Waals surface area contributed by atoms with Gasteiger partial charge in [-0.3, -0.25) is 0 Å². The van der Waals surface area contributed by atoms with E-state index >= 15 is 0 Å². The molecular weight excluding hydrogens is 243 g/mol. The van der Waals surface area contributed by atoms with E-state index in [4.69, 9.17) is 21.1 Å². The maximum absolute atomic E-state index is 13.8. The van der Waals surface area contributed by atoms with E-state index in [2.05, 4.69) is 0 Å². The molecule has 1 heterocycles. The predicted octanol–water partition coefficient (Wildman–Crippen LogP) is 3.54. The second-order valence-electron chi connectivity index (χ2n) is 4.24. The molecule has 0 aliphatic carbocycles. The van der Waals surface area contributed by atoms with Crippen molar-refractivity contribution in [2.75, 3.05) is 20.3 Å². The molecule has 0 amide bonds. The molecular formula is C13H16ClFO2. The Morgan fingerprint density at radius 1 is 1.41 bits per heavy atom. The minimum absolute atomic E-state index is 0.285. The smallest absolute Gasteiger partial charge is 0.131 e. The SMILES string of the molecule is COc1ccc(C(Cl)C2CCOCC2)c(F)c1. The van der Waals surface area contributed by atoms with Crippen LogP contribution in [0.25, 0.3) is 0 Å². The lowest BCUT2D eigenvalue weighted by Gasteiger charge is -2.26. The maximum atomic E-state index is 13.8. The van der Waals surface area contributed by atoms with Crippen molar-refractivity contribution in [2.45, 2.75) is 18.2 Å². The summed E-state index contributed by atoms with van der Waals surface area (Å²) < 4.78 is 24.1. The van der Waals surface area contributed by atoms with E-state index in [1.165, 1.54) is 13.2 Å². The molecule has 1 saturated heterocycles. The summed E-state index contributed by atoms with van der Waals surface area (Å²) in [6.45, 7) is 1.43. The number of hydrogen-bond acceptors (Lipinski definition) is 2. The van der Waals surface area contributed by atoms with E-state index in [0.717, 1.165) is 12.8 Å². The van der Waals surface area contributed by atoms with Crippen LogP contribution in [0.1, 0.15) is 23.8 Å². The number of alkyl halides is 1. The Kier molecular flexibility index (Phi) is 4.24. The minimum atomic E-state index is -0.296. The fourth-order valence-corrected chi connectivity index (χ4v) is 2.55. The van der Waals surface area contributed by atoms with E-state index in [1.807, 2.05) is 0 Å². The molecule has 0 bridgehead atoms. The number of rotatable bonds is 3. The molecule has 94 valence electrons. The first-order valence-electron chi connectivity index (χ1n) is 5.77. The van der Waals surface area contributed by atoms with Crippen LogP contribution >= 0.6 is 11.6 Å². The first-order chi connectivity index (χ1) is 8.22. The van der Waals surface area contributed by atoms with Crippen LogP contribution in [0.4, 0.5) is 4.39 Å². The van der Waals surface area contributed by atoms with Crippen molar-refractivity contribution in [3.8, 4) is 5.75 Å². The molecule has 0 N–H and O–H groups in total. The molecule has 0 spiro atoms. The highest BCUT2D eigenvalue weighted by molar-refractivity contribution is 6.21. The third kappa shape index (κ3) is 2.90. The van der Waals surface area contributed by atoms with Gasteiger partial charge in [-0.1, -0.05) is 6.07 Å².